The van der Waals surface area contributed by atoms with E-state index in [9.17, 15) is 23.2 Å². The average molecular weight is 514 g/mol. The monoisotopic (exact) mass is 514 g/mol. The summed E-state index contributed by atoms with van der Waals surface area (Å²) in [7, 11) is 0. The molecule has 0 saturated carbocycles. The van der Waals surface area contributed by atoms with Crippen molar-refractivity contribution < 1.29 is 18.4 Å². The molecule has 0 bridgehead atoms. The third kappa shape index (κ3) is 5.16. The molecule has 0 spiro atoms. The minimum Gasteiger partial charge on any atom is -0.348 e. The van der Waals surface area contributed by atoms with E-state index in [1.807, 2.05) is 18.2 Å². The van der Waals surface area contributed by atoms with Crippen molar-refractivity contribution in [1.29, 1.82) is 0 Å². The molecule has 1 aliphatic rings. The first-order chi connectivity index (χ1) is 18.4. The molecular weight excluding hydrogens is 494 g/mol. The summed E-state index contributed by atoms with van der Waals surface area (Å²) in [5.74, 6) is -2.29. The third-order valence-electron chi connectivity index (χ3n) is 5.80. The summed E-state index contributed by atoms with van der Waals surface area (Å²) in [6.45, 7) is 0.0563. The van der Waals surface area contributed by atoms with E-state index in [-0.39, 0.29) is 24.6 Å². The number of hydrogen-bond donors (Lipinski definition) is 3. The van der Waals surface area contributed by atoms with Crippen molar-refractivity contribution in [2.24, 2.45) is 0 Å². The van der Waals surface area contributed by atoms with Crippen LogP contribution in [0.4, 0.5) is 14.5 Å². The fourth-order valence-electron chi connectivity index (χ4n) is 3.95. The first-order valence-corrected chi connectivity index (χ1v) is 11.5. The molecule has 0 radical (unpaired) electrons. The lowest BCUT2D eigenvalue weighted by molar-refractivity contribution is -0.110. The van der Waals surface area contributed by atoms with Gasteiger partial charge in [0.15, 0.2) is 11.6 Å². The summed E-state index contributed by atoms with van der Waals surface area (Å²) in [5, 5.41) is 5.46. The van der Waals surface area contributed by atoms with E-state index in [1.165, 1.54) is 12.4 Å². The number of amides is 2. The van der Waals surface area contributed by atoms with Gasteiger partial charge in [0.1, 0.15) is 11.4 Å². The molecule has 1 aliphatic heterocycles. The van der Waals surface area contributed by atoms with Crippen molar-refractivity contribution >= 4 is 35.2 Å². The predicted octanol–water partition coefficient (Wildman–Crippen LogP) is 3.23. The van der Waals surface area contributed by atoms with Crippen LogP contribution < -0.4 is 16.2 Å². The molecule has 9 nitrogen and oxygen atoms in total. The van der Waals surface area contributed by atoms with Crippen molar-refractivity contribution in [2.75, 3.05) is 11.9 Å². The number of H-pyrrole nitrogens is 1. The Balaban J connectivity index is 1.22. The van der Waals surface area contributed by atoms with Crippen LogP contribution in [-0.2, 0) is 11.3 Å². The lowest BCUT2D eigenvalue weighted by Gasteiger charge is -2.08. The molecule has 2 aromatic heterocycles. The topological polar surface area (TPSA) is 122 Å². The molecule has 4 aromatic rings. The summed E-state index contributed by atoms with van der Waals surface area (Å²) in [5.41, 5.74) is 2.28. The minimum absolute atomic E-state index is 0.0721. The summed E-state index contributed by atoms with van der Waals surface area (Å²) in [4.78, 5) is 48.6. The molecule has 2 amide bonds. The maximum atomic E-state index is 13.5. The van der Waals surface area contributed by atoms with Crippen LogP contribution in [0.2, 0.25) is 0 Å². The molecule has 0 saturated heterocycles. The van der Waals surface area contributed by atoms with Crippen LogP contribution in [0.25, 0.3) is 17.7 Å². The second kappa shape index (κ2) is 10.4. The number of aromatic nitrogens is 4. The Hall–Kier alpha value is -5.19. The third-order valence-corrected chi connectivity index (χ3v) is 5.80. The number of aromatic amines is 1. The number of carbonyl (C=O) groups excluding carboxylic acids is 2. The number of anilines is 1. The maximum absolute atomic E-state index is 13.5. The quantitative estimate of drug-likeness (QED) is 0.327. The van der Waals surface area contributed by atoms with Gasteiger partial charge in [-0.2, -0.15) is 0 Å². The van der Waals surface area contributed by atoms with Gasteiger partial charge in [-0.15, -0.1) is 0 Å². The van der Waals surface area contributed by atoms with Crippen molar-refractivity contribution in [2.45, 2.75) is 6.54 Å². The number of nitrogens with zero attached hydrogens (tertiary/aromatic N) is 3. The van der Waals surface area contributed by atoms with Crippen molar-refractivity contribution in [1.82, 2.24) is 24.8 Å². The number of carbonyl (C=O) groups is 2. The van der Waals surface area contributed by atoms with Gasteiger partial charge < -0.3 is 15.6 Å². The highest BCUT2D eigenvalue weighted by Gasteiger charge is 2.24. The van der Waals surface area contributed by atoms with Crippen LogP contribution in [-0.4, -0.2) is 37.9 Å². The molecule has 0 fully saturated rings. The van der Waals surface area contributed by atoms with Gasteiger partial charge in [-0.05, 0) is 35.4 Å². The molecule has 38 heavy (non-hydrogen) atoms. The van der Waals surface area contributed by atoms with Gasteiger partial charge >= 0.3 is 0 Å². The largest absolute Gasteiger partial charge is 0.348 e. The first kappa shape index (κ1) is 24.5. The minimum atomic E-state index is -1.03. The Labute approximate surface area is 214 Å². The van der Waals surface area contributed by atoms with Crippen LogP contribution in [0.5, 0.6) is 0 Å². The Morgan fingerprint density at radius 1 is 1.11 bits per heavy atom. The summed E-state index contributed by atoms with van der Waals surface area (Å²) in [6, 6.07) is 8.78. The number of imidazole rings is 1. The highest BCUT2D eigenvalue weighted by molar-refractivity contribution is 6.34. The van der Waals surface area contributed by atoms with Gasteiger partial charge in [0.25, 0.3) is 17.4 Å². The van der Waals surface area contributed by atoms with E-state index >= 15 is 0 Å². The number of benzene rings is 2. The molecule has 3 N–H and O–H groups in total. The van der Waals surface area contributed by atoms with Gasteiger partial charge in [-0.3, -0.25) is 19.0 Å². The van der Waals surface area contributed by atoms with E-state index in [2.05, 4.69) is 25.6 Å². The van der Waals surface area contributed by atoms with Crippen molar-refractivity contribution in [3.8, 4) is 0 Å². The Kier molecular flexibility index (Phi) is 6.72. The summed E-state index contributed by atoms with van der Waals surface area (Å²) >= 11 is 0. The molecule has 11 heteroatoms. The molecule has 190 valence electrons. The number of nitrogens with one attached hydrogen (secondary N) is 3. The van der Waals surface area contributed by atoms with E-state index < -0.39 is 23.1 Å². The summed E-state index contributed by atoms with van der Waals surface area (Å²) in [6.07, 6.45) is 10.8. The molecule has 0 atom stereocenters. The Morgan fingerprint density at radius 3 is 2.76 bits per heavy atom. The van der Waals surface area contributed by atoms with Gasteiger partial charge in [-0.1, -0.05) is 30.4 Å². The van der Waals surface area contributed by atoms with E-state index in [1.54, 1.807) is 30.6 Å². The van der Waals surface area contributed by atoms with Gasteiger partial charge in [0, 0.05) is 36.4 Å². The molecule has 3 heterocycles. The number of rotatable bonds is 7. The molecule has 0 unspecified atom stereocenters. The number of hydrogen-bond acceptors (Lipinski definition) is 5. The molecule has 2 aromatic carbocycles. The highest BCUT2D eigenvalue weighted by Crippen LogP contribution is 2.33. The van der Waals surface area contributed by atoms with E-state index in [0.717, 1.165) is 34.0 Å². The van der Waals surface area contributed by atoms with Crippen LogP contribution >= 0.6 is 0 Å². The van der Waals surface area contributed by atoms with Crippen LogP contribution in [0.1, 0.15) is 32.9 Å². The lowest BCUT2D eigenvalue weighted by Crippen LogP contribution is -2.33. The molecule has 0 aliphatic carbocycles. The van der Waals surface area contributed by atoms with Crippen molar-refractivity contribution in [3.63, 3.8) is 0 Å². The zero-order chi connectivity index (χ0) is 26.6. The predicted molar refractivity (Wildman–Crippen MR) is 137 cm³/mol. The fourth-order valence-corrected chi connectivity index (χ4v) is 3.95. The SMILES string of the molecule is O=C1Nc2cc(/C=C/CNC(=O)c3cncn(Cc4ccc(F)c(F)c4)c3=O)ccc2/C1=C/c1ncc[nH]1. The van der Waals surface area contributed by atoms with E-state index in [0.29, 0.717) is 22.6 Å². The molecule has 5 rings (SSSR count). The zero-order valence-corrected chi connectivity index (χ0v) is 19.7. The first-order valence-electron chi connectivity index (χ1n) is 11.5. The Bertz CT molecular complexity index is 1660. The van der Waals surface area contributed by atoms with Crippen LogP contribution in [0.3, 0.4) is 0 Å². The second-order valence-corrected chi connectivity index (χ2v) is 8.39. The summed E-state index contributed by atoms with van der Waals surface area (Å²) < 4.78 is 27.8. The maximum Gasteiger partial charge on any atom is 0.266 e. The van der Waals surface area contributed by atoms with Crippen LogP contribution in [0.15, 0.2) is 72.2 Å². The lowest BCUT2D eigenvalue weighted by atomic mass is 10.0. The fraction of sp³-hybridized carbons (Fsp3) is 0.0741. The van der Waals surface area contributed by atoms with E-state index in [4.69, 9.17) is 0 Å². The van der Waals surface area contributed by atoms with Gasteiger partial charge in [0.2, 0.25) is 0 Å². The molecular formula is C27H20F2N6O3. The number of fused-ring (bicyclic) bond motifs is 1. The van der Waals surface area contributed by atoms with Crippen molar-refractivity contribution in [3.05, 3.63) is 117 Å². The Morgan fingerprint density at radius 2 is 1.97 bits per heavy atom. The smallest absolute Gasteiger partial charge is 0.266 e. The van der Waals surface area contributed by atoms with Gasteiger partial charge in [0.05, 0.1) is 18.4 Å². The zero-order valence-electron chi connectivity index (χ0n) is 19.7. The highest BCUT2D eigenvalue weighted by atomic mass is 19.2. The average Bonchev–Trinajstić information content (AvgIpc) is 3.53. The standard InChI is InChI=1S/C27H20F2N6O3/c28-21-6-4-17(10-22(21)29)14-35-15-30-13-20(27(35)38)25(36)33-7-1-2-16-3-5-18-19(12-24-31-8-9-32-24)26(37)34-23(18)11-16/h1-6,8-13,15H,7,14H2,(H,31,32)(H,33,36)(H,34,37)/b2-1+,19-12-. The van der Waals surface area contributed by atoms with Crippen LogP contribution in [0, 0.1) is 11.6 Å². The second-order valence-electron chi connectivity index (χ2n) is 8.39. The normalized spacial score (nSPS) is 13.6. The number of halogens is 2. The van der Waals surface area contributed by atoms with Gasteiger partial charge in [-0.25, -0.2) is 18.7 Å².